The minimum Gasteiger partial charge on any atom is -0.497 e. The van der Waals surface area contributed by atoms with Gasteiger partial charge < -0.3 is 23.8 Å². The Morgan fingerprint density at radius 3 is 2.34 bits per heavy atom. The van der Waals surface area contributed by atoms with E-state index in [2.05, 4.69) is 6.92 Å². The normalized spacial score (nSPS) is 15.8. The van der Waals surface area contributed by atoms with Crippen LogP contribution in [0.15, 0.2) is 42.5 Å². The third kappa shape index (κ3) is 5.13. The number of rotatable bonds is 9. The number of nitrogens with zero attached hydrogens (tertiary/aromatic N) is 1. The maximum absolute atomic E-state index is 12.9. The van der Waals surface area contributed by atoms with Gasteiger partial charge in [-0.3, -0.25) is 4.79 Å². The highest BCUT2D eigenvalue weighted by molar-refractivity contribution is 5.78. The van der Waals surface area contributed by atoms with E-state index < -0.39 is 0 Å². The molecule has 3 rings (SSSR count). The molecule has 2 aromatic carbocycles. The first-order valence-corrected chi connectivity index (χ1v) is 10.0. The largest absolute Gasteiger partial charge is 0.497 e. The first-order valence-electron chi connectivity index (χ1n) is 10.0. The quantitative estimate of drug-likeness (QED) is 0.631. The van der Waals surface area contributed by atoms with Crippen LogP contribution >= 0.6 is 0 Å². The molecule has 0 saturated carbocycles. The van der Waals surface area contributed by atoms with Crippen LogP contribution in [0.4, 0.5) is 0 Å². The molecule has 6 nitrogen and oxygen atoms in total. The van der Waals surface area contributed by atoms with Crippen LogP contribution in [0.25, 0.3) is 0 Å². The predicted molar refractivity (Wildman–Crippen MR) is 111 cm³/mol. The molecule has 1 atom stereocenters. The molecule has 0 bridgehead atoms. The Hall–Kier alpha value is -2.89. The van der Waals surface area contributed by atoms with E-state index in [0.717, 1.165) is 42.1 Å². The second kappa shape index (κ2) is 10.0. The molecule has 6 heteroatoms. The number of ether oxygens (including phenoxy) is 4. The van der Waals surface area contributed by atoms with Crippen molar-refractivity contribution in [2.45, 2.75) is 32.2 Å². The van der Waals surface area contributed by atoms with Crippen LogP contribution in [0.1, 0.15) is 37.8 Å². The lowest BCUT2D eigenvalue weighted by Crippen LogP contribution is -2.34. The van der Waals surface area contributed by atoms with Crippen molar-refractivity contribution in [1.82, 2.24) is 4.90 Å². The van der Waals surface area contributed by atoms with Crippen LogP contribution in [0.3, 0.4) is 0 Å². The maximum atomic E-state index is 12.9. The number of likely N-dealkylation sites (tertiary alicyclic amines) is 1. The van der Waals surface area contributed by atoms with Gasteiger partial charge in [0.1, 0.15) is 23.0 Å². The van der Waals surface area contributed by atoms with Crippen LogP contribution in [0.5, 0.6) is 23.0 Å². The van der Waals surface area contributed by atoms with E-state index in [1.54, 1.807) is 14.2 Å². The molecule has 0 spiro atoms. The Bertz CT molecular complexity index is 805. The zero-order chi connectivity index (χ0) is 20.6. The Morgan fingerprint density at radius 1 is 1.00 bits per heavy atom. The fraction of sp³-hybridized carbons (Fsp3) is 0.435. The standard InChI is InChI=1S/C23H29NO5/c1-4-14-28-17-7-9-18(10-8-17)29-16-23(25)24-13-5-6-21(24)20-15-19(26-2)11-12-22(20)27-3/h7-12,15,21H,4-6,13-14,16H2,1-3H3. The van der Waals surface area contributed by atoms with Gasteiger partial charge in [0.15, 0.2) is 6.61 Å². The van der Waals surface area contributed by atoms with E-state index in [1.165, 1.54) is 0 Å². The Balaban J connectivity index is 1.64. The van der Waals surface area contributed by atoms with Crippen LogP contribution in [-0.2, 0) is 4.79 Å². The Labute approximate surface area is 172 Å². The van der Waals surface area contributed by atoms with E-state index in [9.17, 15) is 4.79 Å². The zero-order valence-electron chi connectivity index (χ0n) is 17.3. The number of amides is 1. The van der Waals surface area contributed by atoms with E-state index in [4.69, 9.17) is 18.9 Å². The molecule has 1 aliphatic rings. The molecule has 29 heavy (non-hydrogen) atoms. The van der Waals surface area contributed by atoms with Gasteiger partial charge in [0.2, 0.25) is 0 Å². The van der Waals surface area contributed by atoms with Gasteiger partial charge in [0, 0.05) is 12.1 Å². The van der Waals surface area contributed by atoms with Crippen LogP contribution in [0, 0.1) is 0 Å². The first-order chi connectivity index (χ1) is 14.2. The summed E-state index contributed by atoms with van der Waals surface area (Å²) in [6.45, 7) is 3.45. The molecule has 0 N–H and O–H groups in total. The van der Waals surface area contributed by atoms with Gasteiger partial charge >= 0.3 is 0 Å². The van der Waals surface area contributed by atoms with Crippen molar-refractivity contribution < 1.29 is 23.7 Å². The summed E-state index contributed by atoms with van der Waals surface area (Å²) >= 11 is 0. The SMILES string of the molecule is CCCOc1ccc(OCC(=O)N2CCCC2c2cc(OC)ccc2OC)cc1. The average Bonchev–Trinajstić information content (AvgIpc) is 3.26. The molecule has 1 saturated heterocycles. The summed E-state index contributed by atoms with van der Waals surface area (Å²) in [5.41, 5.74) is 0.968. The highest BCUT2D eigenvalue weighted by atomic mass is 16.5. The van der Waals surface area contributed by atoms with Gasteiger partial charge in [0.25, 0.3) is 5.91 Å². The van der Waals surface area contributed by atoms with Crippen LogP contribution in [0.2, 0.25) is 0 Å². The van der Waals surface area contributed by atoms with Crippen LogP contribution in [-0.4, -0.2) is 44.8 Å². The van der Waals surface area contributed by atoms with Crippen molar-refractivity contribution in [2.75, 3.05) is 34.0 Å². The van der Waals surface area contributed by atoms with Gasteiger partial charge in [-0.15, -0.1) is 0 Å². The highest BCUT2D eigenvalue weighted by Crippen LogP contribution is 2.39. The van der Waals surface area contributed by atoms with Gasteiger partial charge in [-0.1, -0.05) is 6.92 Å². The zero-order valence-corrected chi connectivity index (χ0v) is 17.3. The summed E-state index contributed by atoms with van der Waals surface area (Å²) in [4.78, 5) is 14.7. The number of hydrogen-bond donors (Lipinski definition) is 0. The Morgan fingerprint density at radius 2 is 1.69 bits per heavy atom. The Kier molecular flexibility index (Phi) is 7.22. The molecule has 0 aromatic heterocycles. The summed E-state index contributed by atoms with van der Waals surface area (Å²) in [7, 11) is 3.28. The minimum absolute atomic E-state index is 0.00204. The van der Waals surface area contributed by atoms with Crippen LogP contribution < -0.4 is 18.9 Å². The second-order valence-corrected chi connectivity index (χ2v) is 6.96. The molecule has 0 radical (unpaired) electrons. The second-order valence-electron chi connectivity index (χ2n) is 6.96. The molecule has 156 valence electrons. The topological polar surface area (TPSA) is 57.2 Å². The number of carbonyl (C=O) groups is 1. The summed E-state index contributed by atoms with van der Waals surface area (Å²) < 4.78 is 22.2. The molecular formula is C23H29NO5. The highest BCUT2D eigenvalue weighted by Gasteiger charge is 2.32. The molecular weight excluding hydrogens is 370 g/mol. The molecule has 1 aliphatic heterocycles. The summed E-state index contributed by atoms with van der Waals surface area (Å²) in [5.74, 6) is 2.93. The third-order valence-electron chi connectivity index (χ3n) is 5.03. The molecule has 0 aliphatic carbocycles. The summed E-state index contributed by atoms with van der Waals surface area (Å²) in [5, 5.41) is 0. The first kappa shape index (κ1) is 20.8. The minimum atomic E-state index is -0.0408. The molecule has 1 amide bonds. The van der Waals surface area contributed by atoms with E-state index in [-0.39, 0.29) is 18.6 Å². The predicted octanol–water partition coefficient (Wildman–Crippen LogP) is 4.24. The lowest BCUT2D eigenvalue weighted by molar-refractivity contribution is -0.134. The van der Waals surface area contributed by atoms with E-state index in [0.29, 0.717) is 18.9 Å². The summed E-state index contributed by atoms with van der Waals surface area (Å²) in [6.07, 6.45) is 2.79. The molecule has 1 fully saturated rings. The average molecular weight is 399 g/mol. The maximum Gasteiger partial charge on any atom is 0.261 e. The molecule has 2 aromatic rings. The molecule has 1 unspecified atom stereocenters. The number of benzene rings is 2. The lowest BCUT2D eigenvalue weighted by atomic mass is 10.0. The monoisotopic (exact) mass is 399 g/mol. The van der Waals surface area contributed by atoms with E-state index in [1.807, 2.05) is 47.4 Å². The van der Waals surface area contributed by atoms with Crippen molar-refractivity contribution in [3.63, 3.8) is 0 Å². The fourth-order valence-electron chi connectivity index (χ4n) is 3.57. The smallest absolute Gasteiger partial charge is 0.261 e. The van der Waals surface area contributed by atoms with Gasteiger partial charge in [0.05, 0.1) is 26.9 Å². The van der Waals surface area contributed by atoms with Crippen molar-refractivity contribution in [2.24, 2.45) is 0 Å². The van der Waals surface area contributed by atoms with Gasteiger partial charge in [-0.25, -0.2) is 0 Å². The van der Waals surface area contributed by atoms with Gasteiger partial charge in [-0.05, 0) is 61.7 Å². The van der Waals surface area contributed by atoms with Crippen molar-refractivity contribution >= 4 is 5.91 Å². The van der Waals surface area contributed by atoms with Crippen molar-refractivity contribution in [3.8, 4) is 23.0 Å². The van der Waals surface area contributed by atoms with Gasteiger partial charge in [-0.2, -0.15) is 0 Å². The lowest BCUT2D eigenvalue weighted by Gasteiger charge is -2.26. The van der Waals surface area contributed by atoms with E-state index >= 15 is 0 Å². The fourth-order valence-corrected chi connectivity index (χ4v) is 3.57. The van der Waals surface area contributed by atoms with Crippen molar-refractivity contribution in [1.29, 1.82) is 0 Å². The number of carbonyl (C=O) groups excluding carboxylic acids is 1. The molecule has 1 heterocycles. The third-order valence-corrected chi connectivity index (χ3v) is 5.03. The van der Waals surface area contributed by atoms with Crippen molar-refractivity contribution in [3.05, 3.63) is 48.0 Å². The number of hydrogen-bond acceptors (Lipinski definition) is 5. The summed E-state index contributed by atoms with van der Waals surface area (Å²) in [6, 6.07) is 13.0. The number of methoxy groups -OCH3 is 2.